The van der Waals surface area contributed by atoms with Crippen molar-refractivity contribution in [2.45, 2.75) is 39.8 Å². The van der Waals surface area contributed by atoms with Crippen LogP contribution in [0.1, 0.15) is 37.9 Å². The Morgan fingerprint density at radius 1 is 1.32 bits per heavy atom. The smallest absolute Gasteiger partial charge is 0.225 e. The molecule has 1 heterocycles. The van der Waals surface area contributed by atoms with Crippen LogP contribution < -0.4 is 5.32 Å². The van der Waals surface area contributed by atoms with Gasteiger partial charge in [0.1, 0.15) is 0 Å². The van der Waals surface area contributed by atoms with Crippen LogP contribution in [0.15, 0.2) is 24.3 Å². The van der Waals surface area contributed by atoms with Crippen LogP contribution >= 0.6 is 0 Å². The Morgan fingerprint density at radius 2 is 1.95 bits per heavy atom. The molecular formula is C16H24N2O. The molecule has 3 nitrogen and oxygen atoms in total. The molecule has 0 aromatic heterocycles. The Morgan fingerprint density at radius 3 is 2.53 bits per heavy atom. The lowest BCUT2D eigenvalue weighted by atomic mass is 10.00. The molecule has 2 atom stereocenters. The molecule has 0 bridgehead atoms. The zero-order chi connectivity index (χ0) is 14.0. The maximum atomic E-state index is 12.2. The van der Waals surface area contributed by atoms with Crippen molar-refractivity contribution in [3.63, 3.8) is 0 Å². The van der Waals surface area contributed by atoms with Crippen molar-refractivity contribution < 1.29 is 4.79 Å². The number of nitrogens with zero attached hydrogens (tertiary/aromatic N) is 1. The standard InChI is InChI=1S/C16H24N2O/c1-11(2)16(19)18-10-15(17-9-13(18)4)14-7-5-12(3)6-8-14/h5-8,11,13,15,17H,9-10H2,1-4H3/t13-,15-/m1/s1. The molecule has 1 saturated heterocycles. The third-order valence-corrected chi connectivity index (χ3v) is 3.83. The first kappa shape index (κ1) is 14.1. The average Bonchev–Trinajstić information content (AvgIpc) is 2.39. The van der Waals surface area contributed by atoms with E-state index in [1.165, 1.54) is 11.1 Å². The number of hydrogen-bond acceptors (Lipinski definition) is 2. The molecule has 1 amide bonds. The number of aryl methyl sites for hydroxylation is 1. The van der Waals surface area contributed by atoms with Gasteiger partial charge in [-0.3, -0.25) is 4.79 Å². The molecule has 1 aromatic rings. The summed E-state index contributed by atoms with van der Waals surface area (Å²) in [4.78, 5) is 14.3. The first-order valence-electron chi connectivity index (χ1n) is 7.09. The molecule has 104 valence electrons. The van der Waals surface area contributed by atoms with Crippen LogP contribution in [0.3, 0.4) is 0 Å². The Kier molecular flexibility index (Phi) is 4.25. The third kappa shape index (κ3) is 3.16. The number of rotatable bonds is 2. The van der Waals surface area contributed by atoms with Gasteiger partial charge < -0.3 is 10.2 Å². The predicted octanol–water partition coefficient (Wildman–Crippen LogP) is 2.51. The molecule has 0 aliphatic carbocycles. The summed E-state index contributed by atoms with van der Waals surface area (Å²) < 4.78 is 0. The van der Waals surface area contributed by atoms with Crippen molar-refractivity contribution >= 4 is 5.91 Å². The summed E-state index contributed by atoms with van der Waals surface area (Å²) in [6.45, 7) is 9.77. The number of piperazine rings is 1. The van der Waals surface area contributed by atoms with E-state index in [9.17, 15) is 4.79 Å². The molecule has 0 saturated carbocycles. The van der Waals surface area contributed by atoms with Crippen molar-refractivity contribution in [1.29, 1.82) is 0 Å². The monoisotopic (exact) mass is 260 g/mol. The highest BCUT2D eigenvalue weighted by atomic mass is 16.2. The summed E-state index contributed by atoms with van der Waals surface area (Å²) in [6.07, 6.45) is 0. The third-order valence-electron chi connectivity index (χ3n) is 3.83. The number of carbonyl (C=O) groups excluding carboxylic acids is 1. The van der Waals surface area contributed by atoms with Crippen molar-refractivity contribution in [1.82, 2.24) is 10.2 Å². The quantitative estimate of drug-likeness (QED) is 0.886. The van der Waals surface area contributed by atoms with E-state index in [2.05, 4.69) is 43.4 Å². The van der Waals surface area contributed by atoms with Gasteiger partial charge in [0.25, 0.3) is 0 Å². The summed E-state index contributed by atoms with van der Waals surface area (Å²) in [5.41, 5.74) is 2.53. The average molecular weight is 260 g/mol. The first-order chi connectivity index (χ1) is 8.99. The van der Waals surface area contributed by atoms with Gasteiger partial charge in [-0.15, -0.1) is 0 Å². The van der Waals surface area contributed by atoms with Gasteiger partial charge in [-0.1, -0.05) is 43.7 Å². The van der Waals surface area contributed by atoms with Crippen LogP contribution in [-0.2, 0) is 4.79 Å². The van der Waals surface area contributed by atoms with E-state index in [1.807, 2.05) is 18.7 Å². The Bertz CT molecular complexity index is 439. The summed E-state index contributed by atoms with van der Waals surface area (Å²) in [6, 6.07) is 9.09. The maximum Gasteiger partial charge on any atom is 0.225 e. The molecule has 0 spiro atoms. The number of carbonyl (C=O) groups is 1. The first-order valence-corrected chi connectivity index (χ1v) is 7.09. The second kappa shape index (κ2) is 5.74. The number of amides is 1. The molecular weight excluding hydrogens is 236 g/mol. The van der Waals surface area contributed by atoms with Crippen LogP contribution in [-0.4, -0.2) is 29.9 Å². The molecule has 2 rings (SSSR count). The molecule has 1 aliphatic rings. The van der Waals surface area contributed by atoms with Gasteiger partial charge in [0.15, 0.2) is 0 Å². The Balaban J connectivity index is 2.12. The number of nitrogens with one attached hydrogen (secondary N) is 1. The lowest BCUT2D eigenvalue weighted by Crippen LogP contribution is -2.54. The summed E-state index contributed by atoms with van der Waals surface area (Å²) in [5, 5.41) is 3.53. The van der Waals surface area contributed by atoms with Gasteiger partial charge in [0.05, 0.1) is 0 Å². The Labute approximate surface area is 116 Å². The molecule has 1 aromatic carbocycles. The minimum atomic E-state index is 0.0687. The van der Waals surface area contributed by atoms with Gasteiger partial charge in [-0.2, -0.15) is 0 Å². The Hall–Kier alpha value is -1.35. The predicted molar refractivity (Wildman–Crippen MR) is 77.9 cm³/mol. The van der Waals surface area contributed by atoms with Crippen LogP contribution in [0.5, 0.6) is 0 Å². The van der Waals surface area contributed by atoms with Crippen LogP contribution in [0.4, 0.5) is 0 Å². The van der Waals surface area contributed by atoms with Crippen molar-refractivity contribution in [3.8, 4) is 0 Å². The minimum absolute atomic E-state index is 0.0687. The molecule has 0 radical (unpaired) electrons. The van der Waals surface area contributed by atoms with Crippen LogP contribution in [0, 0.1) is 12.8 Å². The van der Waals surface area contributed by atoms with E-state index in [0.717, 1.165) is 13.1 Å². The number of benzene rings is 1. The van der Waals surface area contributed by atoms with E-state index in [0.29, 0.717) is 0 Å². The highest BCUT2D eigenvalue weighted by molar-refractivity contribution is 5.78. The second-order valence-electron chi connectivity index (χ2n) is 5.87. The lowest BCUT2D eigenvalue weighted by Gasteiger charge is -2.40. The molecule has 3 heteroatoms. The topological polar surface area (TPSA) is 32.3 Å². The van der Waals surface area contributed by atoms with E-state index in [1.54, 1.807) is 0 Å². The van der Waals surface area contributed by atoms with E-state index < -0.39 is 0 Å². The summed E-state index contributed by atoms with van der Waals surface area (Å²) in [5.74, 6) is 0.324. The maximum absolute atomic E-state index is 12.2. The van der Waals surface area contributed by atoms with Crippen molar-refractivity contribution in [2.24, 2.45) is 5.92 Å². The highest BCUT2D eigenvalue weighted by Crippen LogP contribution is 2.21. The second-order valence-corrected chi connectivity index (χ2v) is 5.87. The number of hydrogen-bond donors (Lipinski definition) is 1. The SMILES string of the molecule is Cc1ccc([C@H]2CN(C(=O)C(C)C)[C@H](C)CN2)cc1. The van der Waals surface area contributed by atoms with E-state index in [4.69, 9.17) is 0 Å². The van der Waals surface area contributed by atoms with Gasteiger partial charge in [0, 0.05) is 31.1 Å². The fourth-order valence-electron chi connectivity index (χ4n) is 2.53. The molecule has 0 unspecified atom stereocenters. The highest BCUT2D eigenvalue weighted by Gasteiger charge is 2.30. The minimum Gasteiger partial charge on any atom is -0.337 e. The van der Waals surface area contributed by atoms with Gasteiger partial charge >= 0.3 is 0 Å². The lowest BCUT2D eigenvalue weighted by molar-refractivity contribution is -0.138. The summed E-state index contributed by atoms with van der Waals surface area (Å²) >= 11 is 0. The molecule has 1 fully saturated rings. The summed E-state index contributed by atoms with van der Waals surface area (Å²) in [7, 11) is 0. The van der Waals surface area contributed by atoms with Gasteiger partial charge in [0.2, 0.25) is 5.91 Å². The molecule has 1 aliphatic heterocycles. The normalized spacial score (nSPS) is 23.7. The molecule has 1 N–H and O–H groups in total. The van der Waals surface area contributed by atoms with E-state index >= 15 is 0 Å². The fraction of sp³-hybridized carbons (Fsp3) is 0.562. The zero-order valence-electron chi connectivity index (χ0n) is 12.3. The fourth-order valence-corrected chi connectivity index (χ4v) is 2.53. The largest absolute Gasteiger partial charge is 0.337 e. The van der Waals surface area contributed by atoms with Crippen molar-refractivity contribution in [3.05, 3.63) is 35.4 Å². The van der Waals surface area contributed by atoms with Crippen molar-refractivity contribution in [2.75, 3.05) is 13.1 Å². The van der Waals surface area contributed by atoms with Crippen LogP contribution in [0.2, 0.25) is 0 Å². The van der Waals surface area contributed by atoms with Gasteiger partial charge in [-0.25, -0.2) is 0 Å². The zero-order valence-corrected chi connectivity index (χ0v) is 12.3. The van der Waals surface area contributed by atoms with E-state index in [-0.39, 0.29) is 23.9 Å². The van der Waals surface area contributed by atoms with Gasteiger partial charge in [-0.05, 0) is 19.4 Å². The van der Waals surface area contributed by atoms with Crippen LogP contribution in [0.25, 0.3) is 0 Å². The molecule has 19 heavy (non-hydrogen) atoms.